The van der Waals surface area contributed by atoms with Crippen molar-refractivity contribution in [1.29, 1.82) is 0 Å². The van der Waals surface area contributed by atoms with E-state index in [9.17, 15) is 13.6 Å². The maximum Gasteiger partial charge on any atom is 0.272 e. The fraction of sp³-hybridized carbons (Fsp3) is 0.150. The SMILES string of the molecule is CC(F)(F)c1ccccc1NC(=O)COc1ccc(-n2cccc2)cc1. The molecule has 0 bridgehead atoms. The van der Waals surface area contributed by atoms with Gasteiger partial charge >= 0.3 is 0 Å². The number of rotatable bonds is 6. The second-order valence-electron chi connectivity index (χ2n) is 5.86. The van der Waals surface area contributed by atoms with Crippen LogP contribution < -0.4 is 10.1 Å². The summed E-state index contributed by atoms with van der Waals surface area (Å²) >= 11 is 0. The summed E-state index contributed by atoms with van der Waals surface area (Å²) in [7, 11) is 0. The van der Waals surface area contributed by atoms with Gasteiger partial charge in [0.1, 0.15) is 5.75 Å². The number of hydrogen-bond acceptors (Lipinski definition) is 2. The van der Waals surface area contributed by atoms with E-state index in [0.717, 1.165) is 12.6 Å². The van der Waals surface area contributed by atoms with E-state index < -0.39 is 11.8 Å². The Balaban J connectivity index is 1.60. The predicted molar refractivity (Wildman–Crippen MR) is 95.9 cm³/mol. The van der Waals surface area contributed by atoms with Gasteiger partial charge in [0.25, 0.3) is 11.8 Å². The summed E-state index contributed by atoms with van der Waals surface area (Å²) in [5.41, 5.74) is 0.812. The van der Waals surface area contributed by atoms with Crippen LogP contribution in [0.2, 0.25) is 0 Å². The highest BCUT2D eigenvalue weighted by Gasteiger charge is 2.27. The molecule has 0 saturated carbocycles. The van der Waals surface area contributed by atoms with Crippen LogP contribution in [0.4, 0.5) is 14.5 Å². The van der Waals surface area contributed by atoms with Crippen molar-refractivity contribution in [3.8, 4) is 11.4 Å². The van der Waals surface area contributed by atoms with Crippen molar-refractivity contribution in [2.24, 2.45) is 0 Å². The molecule has 0 aliphatic carbocycles. The van der Waals surface area contributed by atoms with Crippen molar-refractivity contribution in [1.82, 2.24) is 4.57 Å². The molecule has 0 aliphatic rings. The Bertz CT molecular complexity index is 870. The van der Waals surface area contributed by atoms with Gasteiger partial charge in [-0.1, -0.05) is 18.2 Å². The van der Waals surface area contributed by atoms with Crippen LogP contribution in [-0.4, -0.2) is 17.1 Å². The zero-order valence-corrected chi connectivity index (χ0v) is 14.2. The smallest absolute Gasteiger partial charge is 0.272 e. The molecule has 2 aromatic carbocycles. The molecular formula is C20H18F2N2O2. The second kappa shape index (κ2) is 7.39. The van der Waals surface area contributed by atoms with Crippen LogP contribution in [0.15, 0.2) is 73.1 Å². The first-order valence-corrected chi connectivity index (χ1v) is 8.07. The summed E-state index contributed by atoms with van der Waals surface area (Å²) < 4.78 is 34.5. The number of hydrogen-bond donors (Lipinski definition) is 1. The maximum atomic E-state index is 13.6. The molecule has 3 rings (SSSR count). The standard InChI is InChI=1S/C20H18F2N2O2/c1-20(21,22)17-6-2-3-7-18(17)23-19(25)14-26-16-10-8-15(9-11-16)24-12-4-5-13-24/h2-13H,14H2,1H3,(H,23,25). The third-order valence-corrected chi connectivity index (χ3v) is 3.78. The molecule has 3 aromatic rings. The van der Waals surface area contributed by atoms with E-state index >= 15 is 0 Å². The molecule has 26 heavy (non-hydrogen) atoms. The number of nitrogens with one attached hydrogen (secondary N) is 1. The number of benzene rings is 2. The van der Waals surface area contributed by atoms with Gasteiger partial charge in [-0.3, -0.25) is 4.79 Å². The molecule has 6 heteroatoms. The van der Waals surface area contributed by atoms with E-state index in [4.69, 9.17) is 4.74 Å². The van der Waals surface area contributed by atoms with Gasteiger partial charge in [-0.15, -0.1) is 0 Å². The molecule has 0 atom stereocenters. The van der Waals surface area contributed by atoms with Gasteiger partial charge in [0.2, 0.25) is 0 Å². The quantitative estimate of drug-likeness (QED) is 0.701. The highest BCUT2D eigenvalue weighted by atomic mass is 19.3. The molecule has 134 valence electrons. The van der Waals surface area contributed by atoms with Gasteiger partial charge in [0.05, 0.1) is 0 Å². The van der Waals surface area contributed by atoms with Gasteiger partial charge in [-0.2, -0.15) is 0 Å². The molecule has 1 aromatic heterocycles. The number of ether oxygens (including phenoxy) is 1. The summed E-state index contributed by atoms with van der Waals surface area (Å²) in [4.78, 5) is 12.0. The number of aromatic nitrogens is 1. The molecule has 0 spiro atoms. The minimum atomic E-state index is -3.04. The number of halogens is 2. The monoisotopic (exact) mass is 356 g/mol. The van der Waals surface area contributed by atoms with E-state index in [1.54, 1.807) is 18.2 Å². The lowest BCUT2D eigenvalue weighted by Gasteiger charge is -2.16. The van der Waals surface area contributed by atoms with E-state index in [1.807, 2.05) is 41.2 Å². The molecule has 4 nitrogen and oxygen atoms in total. The topological polar surface area (TPSA) is 43.3 Å². The number of anilines is 1. The van der Waals surface area contributed by atoms with Crippen molar-refractivity contribution in [3.63, 3.8) is 0 Å². The Morgan fingerprint density at radius 2 is 1.69 bits per heavy atom. The highest BCUT2D eigenvalue weighted by molar-refractivity contribution is 5.92. The normalized spacial score (nSPS) is 11.2. The fourth-order valence-corrected chi connectivity index (χ4v) is 2.53. The number of amides is 1. The Labute approximate surface area is 150 Å². The van der Waals surface area contributed by atoms with Crippen LogP contribution in [0.1, 0.15) is 12.5 Å². The van der Waals surface area contributed by atoms with E-state index in [2.05, 4.69) is 5.32 Å². The second-order valence-corrected chi connectivity index (χ2v) is 5.86. The lowest BCUT2D eigenvalue weighted by Crippen LogP contribution is -2.22. The van der Waals surface area contributed by atoms with Crippen LogP contribution in [0, 0.1) is 0 Å². The highest BCUT2D eigenvalue weighted by Crippen LogP contribution is 2.32. The van der Waals surface area contributed by atoms with Crippen molar-refractivity contribution in [2.45, 2.75) is 12.8 Å². The third-order valence-electron chi connectivity index (χ3n) is 3.78. The van der Waals surface area contributed by atoms with Crippen LogP contribution >= 0.6 is 0 Å². The molecule has 1 N–H and O–H groups in total. The molecule has 0 aliphatic heterocycles. The van der Waals surface area contributed by atoms with Gasteiger partial charge in [0, 0.05) is 36.3 Å². The Morgan fingerprint density at radius 3 is 2.35 bits per heavy atom. The number of carbonyl (C=O) groups is 1. The van der Waals surface area contributed by atoms with Crippen LogP contribution in [0.3, 0.4) is 0 Å². The van der Waals surface area contributed by atoms with Gasteiger partial charge < -0.3 is 14.6 Å². The Kier molecular flexibility index (Phi) is 5.02. The largest absolute Gasteiger partial charge is 0.484 e. The summed E-state index contributed by atoms with van der Waals surface area (Å²) in [6.07, 6.45) is 3.84. The molecule has 0 saturated heterocycles. The zero-order valence-electron chi connectivity index (χ0n) is 14.2. The Morgan fingerprint density at radius 1 is 1.04 bits per heavy atom. The van der Waals surface area contributed by atoms with Crippen molar-refractivity contribution >= 4 is 11.6 Å². The van der Waals surface area contributed by atoms with E-state index in [-0.39, 0.29) is 17.9 Å². The van der Waals surface area contributed by atoms with Crippen LogP contribution in [0.5, 0.6) is 5.75 Å². The molecular weight excluding hydrogens is 338 g/mol. The summed E-state index contributed by atoms with van der Waals surface area (Å²) in [6, 6.07) is 16.9. The number of para-hydroxylation sites is 1. The summed E-state index contributed by atoms with van der Waals surface area (Å²) in [6.45, 7) is 0.521. The first kappa shape index (κ1) is 17.7. The Hall–Kier alpha value is -3.15. The minimum absolute atomic E-state index is 0.0801. The van der Waals surface area contributed by atoms with Gasteiger partial charge in [-0.25, -0.2) is 8.78 Å². The van der Waals surface area contributed by atoms with E-state index in [1.165, 1.54) is 18.2 Å². The fourth-order valence-electron chi connectivity index (χ4n) is 2.53. The summed E-state index contributed by atoms with van der Waals surface area (Å²) in [5.74, 6) is -3.03. The summed E-state index contributed by atoms with van der Waals surface area (Å²) in [5, 5.41) is 2.47. The van der Waals surface area contributed by atoms with E-state index in [0.29, 0.717) is 5.75 Å². The maximum absolute atomic E-state index is 13.6. The molecule has 1 amide bonds. The van der Waals surface area contributed by atoms with Crippen LogP contribution in [0.25, 0.3) is 5.69 Å². The average Bonchev–Trinajstić information content (AvgIpc) is 3.15. The van der Waals surface area contributed by atoms with Crippen molar-refractivity contribution < 1.29 is 18.3 Å². The molecule has 0 unspecified atom stereocenters. The van der Waals surface area contributed by atoms with Gasteiger partial charge in [0.15, 0.2) is 6.61 Å². The first-order valence-electron chi connectivity index (χ1n) is 8.07. The third kappa shape index (κ3) is 4.27. The van der Waals surface area contributed by atoms with Gasteiger partial charge in [-0.05, 0) is 42.5 Å². The van der Waals surface area contributed by atoms with Crippen molar-refractivity contribution in [2.75, 3.05) is 11.9 Å². The number of alkyl halides is 2. The molecule has 1 heterocycles. The van der Waals surface area contributed by atoms with Crippen molar-refractivity contribution in [3.05, 3.63) is 78.6 Å². The molecule has 0 fully saturated rings. The lowest BCUT2D eigenvalue weighted by atomic mass is 10.1. The average molecular weight is 356 g/mol. The predicted octanol–water partition coefficient (Wildman–Crippen LogP) is 4.61. The van der Waals surface area contributed by atoms with Crippen LogP contribution in [-0.2, 0) is 10.7 Å². The zero-order chi connectivity index (χ0) is 18.6. The first-order chi connectivity index (χ1) is 12.4. The lowest BCUT2D eigenvalue weighted by molar-refractivity contribution is -0.118. The number of carbonyl (C=O) groups excluding carboxylic acids is 1. The molecule has 0 radical (unpaired) electrons. The number of nitrogens with zero attached hydrogens (tertiary/aromatic N) is 1. The minimum Gasteiger partial charge on any atom is -0.484 e.